The van der Waals surface area contributed by atoms with Crippen molar-refractivity contribution in [3.63, 3.8) is 0 Å². The molecule has 1 nitrogen and oxygen atoms in total. The third-order valence-corrected chi connectivity index (χ3v) is 14.0. The summed E-state index contributed by atoms with van der Waals surface area (Å²) in [6.07, 6.45) is 0. The van der Waals surface area contributed by atoms with Crippen LogP contribution >= 0.6 is 26.4 Å². The van der Waals surface area contributed by atoms with E-state index in [-0.39, 0.29) is 0 Å². The first kappa shape index (κ1) is 25.2. The number of benzene rings is 6. The van der Waals surface area contributed by atoms with E-state index in [2.05, 4.69) is 97.1 Å². The molecule has 192 valence electrons. The van der Waals surface area contributed by atoms with Crippen molar-refractivity contribution in [3.8, 4) is 0 Å². The van der Waals surface area contributed by atoms with Crippen molar-refractivity contribution >= 4 is 78.4 Å². The molecule has 0 atom stereocenters. The monoisotopic (exact) mass is 568 g/mol. The Balaban J connectivity index is 1.44. The fraction of sp³-hybridized carbons (Fsp3) is 0. The van der Waals surface area contributed by atoms with Crippen molar-refractivity contribution < 1.29 is 4.57 Å². The summed E-state index contributed by atoms with van der Waals surface area (Å²) in [5.74, 6) is 0. The van der Waals surface area contributed by atoms with Crippen LogP contribution in [0.5, 0.6) is 0 Å². The van der Waals surface area contributed by atoms with Crippen molar-refractivity contribution in [2.24, 2.45) is 0 Å². The van der Waals surface area contributed by atoms with Gasteiger partial charge in [-0.2, -0.15) is 0 Å². The largest absolute Gasteiger partial charge is 0.309 e. The van der Waals surface area contributed by atoms with Gasteiger partial charge in [-0.3, -0.25) is 0 Å². The number of hydrogen-bond acceptors (Lipinski definition) is 2. The molecule has 0 aliphatic heterocycles. The zero-order valence-corrected chi connectivity index (χ0v) is 24.3. The maximum atomic E-state index is 15.1. The molecule has 4 heteroatoms. The minimum atomic E-state index is -3.05. The molecule has 0 amide bonds. The fourth-order valence-corrected chi connectivity index (χ4v) is 11.5. The van der Waals surface area contributed by atoms with E-state index >= 15 is 4.57 Å². The summed E-state index contributed by atoms with van der Waals surface area (Å²) in [5.41, 5.74) is 0. The standard InChI is InChI=1S/C36H26OP2S/c37-39(30-17-9-3-10-18-30,31-19-11-4-12-20-31)32-22-24-36-34(26-32)33-25-29(21-23-35(33)40-36)38(27-13-5-1-6-14-27)28-15-7-2-8-16-28/h1-26H. The minimum absolute atomic E-state index is 0.708. The summed E-state index contributed by atoms with van der Waals surface area (Å²) in [5, 5.41) is 8.97. The van der Waals surface area contributed by atoms with E-state index in [1.165, 1.54) is 36.1 Å². The fourth-order valence-electron chi connectivity index (χ4n) is 5.41. The first-order valence-corrected chi connectivity index (χ1v) is 17.2. The quantitative estimate of drug-likeness (QED) is 0.191. The average molecular weight is 569 g/mol. The highest BCUT2D eigenvalue weighted by Crippen LogP contribution is 2.44. The van der Waals surface area contributed by atoms with Crippen LogP contribution in [0.1, 0.15) is 0 Å². The van der Waals surface area contributed by atoms with Gasteiger partial charge in [0.1, 0.15) is 0 Å². The predicted molar refractivity (Wildman–Crippen MR) is 177 cm³/mol. The third kappa shape index (κ3) is 4.43. The SMILES string of the molecule is O=P(c1ccccc1)(c1ccccc1)c1ccc2sc3ccc(P(c4ccccc4)c4ccccc4)cc3c2c1. The molecular weight excluding hydrogens is 542 g/mol. The lowest BCUT2D eigenvalue weighted by Crippen LogP contribution is -2.24. The van der Waals surface area contributed by atoms with E-state index in [0.717, 1.165) is 15.9 Å². The number of hydrogen-bond donors (Lipinski definition) is 0. The molecular formula is C36H26OP2S. The topological polar surface area (TPSA) is 17.1 Å². The Kier molecular flexibility index (Phi) is 6.70. The second-order valence-electron chi connectivity index (χ2n) is 9.75. The second kappa shape index (κ2) is 10.6. The summed E-state index contributed by atoms with van der Waals surface area (Å²) >= 11 is 1.80. The Morgan fingerprint density at radius 2 is 0.875 bits per heavy atom. The molecule has 0 saturated carbocycles. The van der Waals surface area contributed by atoms with Crippen molar-refractivity contribution in [3.05, 3.63) is 158 Å². The highest BCUT2D eigenvalue weighted by molar-refractivity contribution is 7.85. The predicted octanol–water partition coefficient (Wildman–Crippen LogP) is 7.45. The van der Waals surface area contributed by atoms with E-state index in [0.29, 0.717) is 0 Å². The lowest BCUT2D eigenvalue weighted by molar-refractivity contribution is 0.592. The van der Waals surface area contributed by atoms with Crippen LogP contribution in [-0.4, -0.2) is 0 Å². The smallest absolute Gasteiger partial charge is 0.171 e. The van der Waals surface area contributed by atoms with Gasteiger partial charge in [0.25, 0.3) is 0 Å². The Bertz CT molecular complexity index is 1890. The van der Waals surface area contributed by atoms with E-state index in [9.17, 15) is 0 Å². The molecule has 0 aliphatic carbocycles. The summed E-state index contributed by atoms with van der Waals surface area (Å²) in [7, 11) is -3.76. The molecule has 1 aromatic heterocycles. The molecule has 7 rings (SSSR count). The summed E-state index contributed by atoms with van der Waals surface area (Å²) in [4.78, 5) is 0. The summed E-state index contributed by atoms with van der Waals surface area (Å²) in [6, 6.07) is 54.8. The molecule has 0 spiro atoms. The molecule has 0 N–H and O–H groups in total. The molecule has 0 radical (unpaired) electrons. The van der Waals surface area contributed by atoms with E-state index in [1.807, 2.05) is 60.7 Å². The van der Waals surface area contributed by atoms with Gasteiger partial charge in [-0.05, 0) is 54.2 Å². The lowest BCUT2D eigenvalue weighted by atomic mass is 10.1. The van der Waals surface area contributed by atoms with E-state index in [1.54, 1.807) is 11.3 Å². The molecule has 0 aliphatic rings. The number of thiophene rings is 1. The average Bonchev–Trinajstić information content (AvgIpc) is 3.40. The van der Waals surface area contributed by atoms with Gasteiger partial charge in [0.15, 0.2) is 7.14 Å². The van der Waals surface area contributed by atoms with Gasteiger partial charge in [0.2, 0.25) is 0 Å². The van der Waals surface area contributed by atoms with Crippen LogP contribution < -0.4 is 31.8 Å². The second-order valence-corrected chi connectivity index (χ2v) is 15.8. The Morgan fingerprint density at radius 3 is 1.40 bits per heavy atom. The molecule has 0 unspecified atom stereocenters. The van der Waals surface area contributed by atoms with Gasteiger partial charge in [-0.25, -0.2) is 0 Å². The molecule has 0 saturated heterocycles. The highest BCUT2D eigenvalue weighted by Gasteiger charge is 2.30. The van der Waals surface area contributed by atoms with E-state index < -0.39 is 15.1 Å². The maximum Gasteiger partial charge on any atom is 0.171 e. The summed E-state index contributed by atoms with van der Waals surface area (Å²) in [6.45, 7) is 0. The zero-order valence-electron chi connectivity index (χ0n) is 21.7. The van der Waals surface area contributed by atoms with Crippen LogP contribution in [0.3, 0.4) is 0 Å². The van der Waals surface area contributed by atoms with Crippen LogP contribution in [0.4, 0.5) is 0 Å². The Hall–Kier alpha value is -3.80. The molecule has 6 aromatic carbocycles. The number of rotatable bonds is 6. The van der Waals surface area contributed by atoms with Gasteiger partial charge < -0.3 is 4.57 Å². The van der Waals surface area contributed by atoms with Crippen LogP contribution in [0.25, 0.3) is 20.2 Å². The van der Waals surface area contributed by atoms with E-state index in [4.69, 9.17) is 0 Å². The van der Waals surface area contributed by atoms with Crippen LogP contribution in [0.15, 0.2) is 158 Å². The maximum absolute atomic E-state index is 15.1. The molecule has 40 heavy (non-hydrogen) atoms. The van der Waals surface area contributed by atoms with Crippen LogP contribution in [0, 0.1) is 0 Å². The summed E-state index contributed by atoms with van der Waals surface area (Å²) < 4.78 is 17.5. The third-order valence-electron chi connectivity index (χ3n) is 7.33. The van der Waals surface area contributed by atoms with Crippen LogP contribution in [-0.2, 0) is 4.57 Å². The minimum Gasteiger partial charge on any atom is -0.309 e. The van der Waals surface area contributed by atoms with Gasteiger partial charge >= 0.3 is 0 Å². The Morgan fingerprint density at radius 1 is 0.425 bits per heavy atom. The molecule has 0 fully saturated rings. The van der Waals surface area contributed by atoms with Gasteiger partial charge in [0.05, 0.1) is 0 Å². The van der Waals surface area contributed by atoms with Crippen molar-refractivity contribution in [2.75, 3.05) is 0 Å². The molecule has 7 aromatic rings. The highest BCUT2D eigenvalue weighted by atomic mass is 32.1. The molecule has 1 heterocycles. The van der Waals surface area contributed by atoms with Gasteiger partial charge in [-0.1, -0.05) is 127 Å². The Labute approximate surface area is 239 Å². The first-order valence-electron chi connectivity index (χ1n) is 13.3. The van der Waals surface area contributed by atoms with Gasteiger partial charge in [0, 0.05) is 36.1 Å². The van der Waals surface area contributed by atoms with Crippen LogP contribution in [0.2, 0.25) is 0 Å². The van der Waals surface area contributed by atoms with Crippen molar-refractivity contribution in [1.29, 1.82) is 0 Å². The zero-order chi connectivity index (χ0) is 26.9. The van der Waals surface area contributed by atoms with Crippen molar-refractivity contribution in [2.45, 2.75) is 0 Å². The lowest BCUT2D eigenvalue weighted by Gasteiger charge is -2.20. The van der Waals surface area contributed by atoms with Crippen molar-refractivity contribution in [1.82, 2.24) is 0 Å². The normalized spacial score (nSPS) is 11.8. The molecule has 0 bridgehead atoms. The van der Waals surface area contributed by atoms with Gasteiger partial charge in [-0.15, -0.1) is 11.3 Å². The number of fused-ring (bicyclic) bond motifs is 3. The first-order chi connectivity index (χ1) is 19.7.